The number of benzene rings is 1. The molecule has 1 unspecified atom stereocenters. The summed E-state index contributed by atoms with van der Waals surface area (Å²) >= 11 is 0. The number of amides is 1. The molecular formula is C21H23N5O2. The van der Waals surface area contributed by atoms with Crippen LogP contribution < -0.4 is 5.32 Å². The first-order valence-electron chi connectivity index (χ1n) is 9.33. The van der Waals surface area contributed by atoms with Crippen molar-refractivity contribution in [2.24, 2.45) is 5.41 Å². The molecule has 28 heavy (non-hydrogen) atoms. The smallest absolute Gasteiger partial charge is 0.269 e. The summed E-state index contributed by atoms with van der Waals surface area (Å²) in [4.78, 5) is 24.2. The molecule has 1 aliphatic carbocycles. The van der Waals surface area contributed by atoms with E-state index in [-0.39, 0.29) is 34.5 Å². The van der Waals surface area contributed by atoms with Gasteiger partial charge in [-0.15, -0.1) is 0 Å². The zero-order valence-electron chi connectivity index (χ0n) is 16.2. The van der Waals surface area contributed by atoms with Crippen LogP contribution in [0.1, 0.15) is 65.5 Å². The van der Waals surface area contributed by atoms with E-state index < -0.39 is 0 Å². The van der Waals surface area contributed by atoms with Crippen LogP contribution >= 0.6 is 0 Å². The largest absolute Gasteiger partial charge is 0.344 e. The molecular weight excluding hydrogens is 354 g/mol. The molecule has 0 saturated heterocycles. The molecule has 0 fully saturated rings. The molecule has 144 valence electrons. The lowest BCUT2D eigenvalue weighted by atomic mass is 9.74. The molecule has 2 aromatic heterocycles. The van der Waals surface area contributed by atoms with Crippen molar-refractivity contribution in [3.8, 4) is 5.69 Å². The second kappa shape index (κ2) is 6.74. The number of aromatic amines is 1. The number of nitrogens with one attached hydrogen (secondary N) is 2. The van der Waals surface area contributed by atoms with E-state index in [0.29, 0.717) is 0 Å². The molecule has 3 aromatic rings. The second-order valence-corrected chi connectivity index (χ2v) is 8.09. The second-order valence-electron chi connectivity index (χ2n) is 8.09. The first kappa shape index (κ1) is 18.2. The standard InChI is InChI=1S/C21H23N5O2/c1-13(27)16-9-17(25-24-16)20(28)23-18-10-21(2,3)11-19-15(18)12-22-26(19)14-7-5-4-6-8-14/h4-9,12,18H,10-11H2,1-3H3,(H,23,28)(H,24,25). The van der Waals surface area contributed by atoms with Crippen LogP contribution in [0.2, 0.25) is 0 Å². The molecule has 1 atom stereocenters. The molecule has 0 aliphatic heterocycles. The lowest BCUT2D eigenvalue weighted by Crippen LogP contribution is -2.37. The molecule has 0 radical (unpaired) electrons. The maximum absolute atomic E-state index is 12.7. The predicted molar refractivity (Wildman–Crippen MR) is 104 cm³/mol. The van der Waals surface area contributed by atoms with Crippen molar-refractivity contribution in [1.82, 2.24) is 25.3 Å². The van der Waals surface area contributed by atoms with Crippen LogP contribution in [0.25, 0.3) is 5.69 Å². The number of carbonyl (C=O) groups is 2. The molecule has 2 heterocycles. The number of aromatic nitrogens is 4. The van der Waals surface area contributed by atoms with Crippen LogP contribution in [0.4, 0.5) is 0 Å². The van der Waals surface area contributed by atoms with Crippen LogP contribution in [0.3, 0.4) is 0 Å². The Morgan fingerprint density at radius 3 is 2.68 bits per heavy atom. The summed E-state index contributed by atoms with van der Waals surface area (Å²) in [5, 5.41) is 14.2. The molecule has 7 nitrogen and oxygen atoms in total. The van der Waals surface area contributed by atoms with Crippen molar-refractivity contribution in [2.75, 3.05) is 0 Å². The molecule has 2 N–H and O–H groups in total. The van der Waals surface area contributed by atoms with Crippen LogP contribution in [0, 0.1) is 5.41 Å². The zero-order valence-corrected chi connectivity index (χ0v) is 16.2. The third-order valence-electron chi connectivity index (χ3n) is 5.17. The number of ketones is 1. The van der Waals surface area contributed by atoms with E-state index in [1.54, 1.807) is 0 Å². The van der Waals surface area contributed by atoms with Crippen LogP contribution in [-0.2, 0) is 6.42 Å². The Morgan fingerprint density at radius 1 is 1.25 bits per heavy atom. The number of rotatable bonds is 4. The Kier molecular flexibility index (Phi) is 4.37. The average Bonchev–Trinajstić information content (AvgIpc) is 3.29. The van der Waals surface area contributed by atoms with Crippen molar-refractivity contribution in [3.63, 3.8) is 0 Å². The van der Waals surface area contributed by atoms with Crippen molar-refractivity contribution in [3.05, 3.63) is 65.2 Å². The van der Waals surface area contributed by atoms with E-state index >= 15 is 0 Å². The molecule has 4 rings (SSSR count). The third-order valence-corrected chi connectivity index (χ3v) is 5.17. The molecule has 1 amide bonds. The lowest BCUT2D eigenvalue weighted by molar-refractivity contribution is 0.0913. The van der Waals surface area contributed by atoms with Gasteiger partial charge in [-0.3, -0.25) is 14.7 Å². The van der Waals surface area contributed by atoms with E-state index in [1.165, 1.54) is 13.0 Å². The molecule has 1 aromatic carbocycles. The maximum atomic E-state index is 12.7. The fraction of sp³-hybridized carbons (Fsp3) is 0.333. The fourth-order valence-electron chi connectivity index (χ4n) is 3.82. The maximum Gasteiger partial charge on any atom is 0.269 e. The Bertz CT molecular complexity index is 1030. The number of fused-ring (bicyclic) bond motifs is 1. The number of hydrogen-bond donors (Lipinski definition) is 2. The quantitative estimate of drug-likeness (QED) is 0.683. The van der Waals surface area contributed by atoms with Crippen molar-refractivity contribution in [2.45, 2.75) is 39.7 Å². The summed E-state index contributed by atoms with van der Waals surface area (Å²) in [6.45, 7) is 5.81. The van der Waals surface area contributed by atoms with E-state index in [2.05, 4.69) is 34.5 Å². The molecule has 1 aliphatic rings. The number of carbonyl (C=O) groups excluding carboxylic acids is 2. The summed E-state index contributed by atoms with van der Waals surface area (Å²) in [5.74, 6) is -0.457. The van der Waals surface area contributed by atoms with Crippen LogP contribution in [-0.4, -0.2) is 31.7 Å². The highest BCUT2D eigenvalue weighted by molar-refractivity contribution is 5.97. The van der Waals surface area contributed by atoms with Crippen LogP contribution in [0.15, 0.2) is 42.6 Å². The van der Waals surface area contributed by atoms with Gasteiger partial charge in [-0.05, 0) is 36.5 Å². The number of hydrogen-bond acceptors (Lipinski definition) is 4. The van der Waals surface area contributed by atoms with Crippen molar-refractivity contribution in [1.29, 1.82) is 0 Å². The summed E-state index contributed by atoms with van der Waals surface area (Å²) in [6, 6.07) is 11.3. The van der Waals surface area contributed by atoms with Gasteiger partial charge in [0.05, 0.1) is 23.6 Å². The minimum absolute atomic E-state index is 0.00996. The third kappa shape index (κ3) is 3.35. The highest BCUT2D eigenvalue weighted by Crippen LogP contribution is 2.41. The van der Waals surface area contributed by atoms with Gasteiger partial charge in [0.1, 0.15) is 11.4 Å². The van der Waals surface area contributed by atoms with E-state index in [1.807, 2.05) is 41.2 Å². The number of nitrogens with zero attached hydrogens (tertiary/aromatic N) is 3. The number of H-pyrrole nitrogens is 1. The first-order valence-corrected chi connectivity index (χ1v) is 9.33. The van der Waals surface area contributed by atoms with Gasteiger partial charge in [0.2, 0.25) is 0 Å². The highest BCUT2D eigenvalue weighted by Gasteiger charge is 2.36. The minimum Gasteiger partial charge on any atom is -0.344 e. The van der Waals surface area contributed by atoms with Gasteiger partial charge in [-0.25, -0.2) is 4.68 Å². The lowest BCUT2D eigenvalue weighted by Gasteiger charge is -2.35. The van der Waals surface area contributed by atoms with Gasteiger partial charge in [0.15, 0.2) is 5.78 Å². The predicted octanol–water partition coefficient (Wildman–Crippen LogP) is 3.24. The van der Waals surface area contributed by atoms with E-state index in [0.717, 1.165) is 29.8 Å². The van der Waals surface area contributed by atoms with Crippen molar-refractivity contribution >= 4 is 11.7 Å². The SMILES string of the molecule is CC(=O)c1cc(C(=O)NC2CC(C)(C)Cc3c2cnn3-c2ccccc2)[nH]n1. The summed E-state index contributed by atoms with van der Waals surface area (Å²) < 4.78 is 1.96. The van der Waals surface area contributed by atoms with Gasteiger partial charge in [0.25, 0.3) is 5.91 Å². The first-order chi connectivity index (χ1) is 13.3. The monoisotopic (exact) mass is 377 g/mol. The van der Waals surface area contributed by atoms with Gasteiger partial charge >= 0.3 is 0 Å². The summed E-state index contributed by atoms with van der Waals surface area (Å²) in [6.07, 6.45) is 3.53. The molecule has 7 heteroatoms. The topological polar surface area (TPSA) is 92.7 Å². The fourth-order valence-corrected chi connectivity index (χ4v) is 3.82. The molecule has 0 spiro atoms. The number of Topliss-reactive ketones (excluding diaryl/α,β-unsaturated/α-hetero) is 1. The Balaban J connectivity index is 1.65. The van der Waals surface area contributed by atoms with Gasteiger partial charge < -0.3 is 5.32 Å². The van der Waals surface area contributed by atoms with E-state index in [4.69, 9.17) is 0 Å². The summed E-state index contributed by atoms with van der Waals surface area (Å²) in [7, 11) is 0. The summed E-state index contributed by atoms with van der Waals surface area (Å²) in [5.41, 5.74) is 3.70. The highest BCUT2D eigenvalue weighted by atomic mass is 16.2. The molecule has 0 saturated carbocycles. The molecule has 0 bridgehead atoms. The average molecular weight is 377 g/mol. The Morgan fingerprint density at radius 2 is 2.00 bits per heavy atom. The van der Waals surface area contributed by atoms with Gasteiger partial charge in [-0.1, -0.05) is 32.0 Å². The Labute approximate surface area is 163 Å². The Hall–Kier alpha value is -3.22. The van der Waals surface area contributed by atoms with Gasteiger partial charge in [-0.2, -0.15) is 10.2 Å². The van der Waals surface area contributed by atoms with Gasteiger partial charge in [0, 0.05) is 12.5 Å². The van der Waals surface area contributed by atoms with Crippen LogP contribution in [0.5, 0.6) is 0 Å². The number of para-hydroxylation sites is 1. The minimum atomic E-state index is -0.277. The van der Waals surface area contributed by atoms with Crippen molar-refractivity contribution < 1.29 is 9.59 Å². The van der Waals surface area contributed by atoms with E-state index in [9.17, 15) is 9.59 Å². The normalized spacial score (nSPS) is 17.8. The zero-order chi connectivity index (χ0) is 19.9.